The zero-order valence-corrected chi connectivity index (χ0v) is 18.2. The summed E-state index contributed by atoms with van der Waals surface area (Å²) in [6, 6.07) is 11.0. The van der Waals surface area contributed by atoms with Gasteiger partial charge in [-0.2, -0.15) is 5.10 Å². The molecule has 2 aromatic heterocycles. The number of para-hydroxylation sites is 1. The summed E-state index contributed by atoms with van der Waals surface area (Å²) in [5.41, 5.74) is 6.85. The standard InChI is InChI=1S/C26H25N3O3/c1-14-10-18(15(2)28-21-8-4-3-7-17(21)25(30)31)23-19(11-14)22-24(32-23)20(13-27-29-22)26-9-5-6-16(26)12-26/h3-4,7-8,10-11,13,15-16,28H,5-6,9,12H2,1-2H3,(H,30,31)/t15-,16-,26-/m1/s1. The third-order valence-electron chi connectivity index (χ3n) is 7.47. The van der Waals surface area contributed by atoms with Gasteiger partial charge in [-0.25, -0.2) is 4.79 Å². The van der Waals surface area contributed by atoms with E-state index in [1.807, 2.05) is 19.2 Å². The summed E-state index contributed by atoms with van der Waals surface area (Å²) in [4.78, 5) is 11.6. The number of nitrogens with zero attached hydrogens (tertiary/aromatic N) is 2. The van der Waals surface area contributed by atoms with Gasteiger partial charge in [0.05, 0.1) is 17.8 Å². The van der Waals surface area contributed by atoms with E-state index in [2.05, 4.69) is 34.6 Å². The summed E-state index contributed by atoms with van der Waals surface area (Å²) >= 11 is 0. The minimum Gasteiger partial charge on any atom is -0.478 e. The largest absolute Gasteiger partial charge is 0.478 e. The first-order valence-electron chi connectivity index (χ1n) is 11.3. The van der Waals surface area contributed by atoms with E-state index in [9.17, 15) is 9.90 Å². The van der Waals surface area contributed by atoms with Gasteiger partial charge in [0.2, 0.25) is 0 Å². The van der Waals surface area contributed by atoms with E-state index in [4.69, 9.17) is 4.42 Å². The number of anilines is 1. The zero-order chi connectivity index (χ0) is 22.0. The average molecular weight is 428 g/mol. The van der Waals surface area contributed by atoms with Crippen molar-refractivity contribution in [1.29, 1.82) is 0 Å². The van der Waals surface area contributed by atoms with Crippen LogP contribution in [0.2, 0.25) is 0 Å². The van der Waals surface area contributed by atoms with Gasteiger partial charge in [0, 0.05) is 27.6 Å². The maximum atomic E-state index is 11.6. The van der Waals surface area contributed by atoms with E-state index < -0.39 is 5.97 Å². The molecule has 2 fully saturated rings. The van der Waals surface area contributed by atoms with Gasteiger partial charge < -0.3 is 14.8 Å². The lowest BCUT2D eigenvalue weighted by Gasteiger charge is -2.18. The lowest BCUT2D eigenvalue weighted by molar-refractivity contribution is 0.0698. The molecule has 3 atom stereocenters. The third kappa shape index (κ3) is 2.75. The number of carbonyl (C=O) groups is 1. The van der Waals surface area contributed by atoms with Crippen LogP contribution in [0, 0.1) is 12.8 Å². The highest BCUT2D eigenvalue weighted by Crippen LogP contribution is 2.65. The topological polar surface area (TPSA) is 88.2 Å². The fourth-order valence-electron chi connectivity index (χ4n) is 5.83. The van der Waals surface area contributed by atoms with Crippen LogP contribution in [0.3, 0.4) is 0 Å². The normalized spacial score (nSPS) is 22.8. The second-order valence-electron chi connectivity index (χ2n) is 9.44. The molecule has 0 radical (unpaired) electrons. The second-order valence-corrected chi connectivity index (χ2v) is 9.44. The molecule has 0 spiro atoms. The van der Waals surface area contributed by atoms with Crippen LogP contribution >= 0.6 is 0 Å². The molecule has 2 saturated carbocycles. The Hall–Kier alpha value is -3.41. The number of carboxylic acid groups (broad SMARTS) is 1. The Balaban J connectivity index is 1.49. The van der Waals surface area contributed by atoms with Gasteiger partial charge in [-0.15, -0.1) is 5.10 Å². The van der Waals surface area contributed by atoms with Gasteiger partial charge in [0.25, 0.3) is 0 Å². The summed E-state index contributed by atoms with van der Waals surface area (Å²) in [6.07, 6.45) is 6.89. The summed E-state index contributed by atoms with van der Waals surface area (Å²) in [6.45, 7) is 4.09. The highest BCUT2D eigenvalue weighted by Gasteiger charge is 2.59. The number of carboxylic acids is 1. The molecule has 2 N–H and O–H groups in total. The molecule has 0 bridgehead atoms. The third-order valence-corrected chi connectivity index (χ3v) is 7.47. The van der Waals surface area contributed by atoms with E-state index in [1.54, 1.807) is 18.2 Å². The maximum Gasteiger partial charge on any atom is 0.337 e. The first kappa shape index (κ1) is 19.3. The van der Waals surface area contributed by atoms with Crippen molar-refractivity contribution < 1.29 is 14.3 Å². The zero-order valence-electron chi connectivity index (χ0n) is 18.2. The Kier molecular flexibility index (Phi) is 4.09. The van der Waals surface area contributed by atoms with Gasteiger partial charge in [-0.05, 0) is 62.8 Å². The van der Waals surface area contributed by atoms with Gasteiger partial charge in [-0.3, -0.25) is 0 Å². The summed E-state index contributed by atoms with van der Waals surface area (Å²) in [7, 11) is 0. The summed E-state index contributed by atoms with van der Waals surface area (Å²) in [5, 5.41) is 22.7. The van der Waals surface area contributed by atoms with Crippen molar-refractivity contribution in [2.24, 2.45) is 5.92 Å². The van der Waals surface area contributed by atoms with Gasteiger partial charge in [0.1, 0.15) is 11.1 Å². The highest BCUT2D eigenvalue weighted by molar-refractivity contribution is 6.05. The molecular formula is C26H25N3O3. The molecule has 6 rings (SSSR count). The first-order valence-corrected chi connectivity index (χ1v) is 11.3. The number of aromatic carboxylic acids is 1. The predicted molar refractivity (Wildman–Crippen MR) is 123 cm³/mol. The quantitative estimate of drug-likeness (QED) is 0.406. The van der Waals surface area contributed by atoms with E-state index in [0.717, 1.165) is 39.1 Å². The molecule has 2 aromatic carbocycles. The number of hydrogen-bond acceptors (Lipinski definition) is 5. The molecule has 162 valence electrons. The molecule has 0 saturated heterocycles. The van der Waals surface area contributed by atoms with E-state index in [-0.39, 0.29) is 17.0 Å². The van der Waals surface area contributed by atoms with Crippen LogP contribution in [0.15, 0.2) is 47.0 Å². The molecule has 2 aliphatic carbocycles. The number of furan rings is 1. The summed E-state index contributed by atoms with van der Waals surface area (Å²) in [5.74, 6) is -0.203. The van der Waals surface area contributed by atoms with Crippen LogP contribution in [0.4, 0.5) is 5.69 Å². The van der Waals surface area contributed by atoms with Crippen LogP contribution in [-0.2, 0) is 5.41 Å². The van der Waals surface area contributed by atoms with Crippen LogP contribution in [0.25, 0.3) is 22.1 Å². The predicted octanol–water partition coefficient (Wildman–Crippen LogP) is 6.00. The highest BCUT2D eigenvalue weighted by atomic mass is 16.4. The molecule has 0 aliphatic heterocycles. The van der Waals surface area contributed by atoms with Crippen molar-refractivity contribution in [2.45, 2.75) is 51.0 Å². The Morgan fingerprint density at radius 3 is 2.88 bits per heavy atom. The SMILES string of the molecule is Cc1cc([C@@H](C)Nc2ccccc2C(=O)O)c2oc3c([C@@]45CCC[C@@H]4C5)cnnc3c2c1. The van der Waals surface area contributed by atoms with Crippen LogP contribution in [0.5, 0.6) is 0 Å². The second kappa shape index (κ2) is 6.79. The Labute approximate surface area is 185 Å². The molecule has 6 heteroatoms. The number of aryl methyl sites for hydroxylation is 1. The van der Waals surface area contributed by atoms with E-state index >= 15 is 0 Å². The molecule has 6 nitrogen and oxygen atoms in total. The Bertz CT molecular complexity index is 1390. The van der Waals surface area contributed by atoms with Crippen molar-refractivity contribution >= 4 is 33.7 Å². The Morgan fingerprint density at radius 1 is 1.28 bits per heavy atom. The van der Waals surface area contributed by atoms with Gasteiger partial charge >= 0.3 is 5.97 Å². The van der Waals surface area contributed by atoms with E-state index in [1.165, 1.54) is 31.2 Å². The minimum absolute atomic E-state index is 0.159. The summed E-state index contributed by atoms with van der Waals surface area (Å²) < 4.78 is 6.55. The van der Waals surface area contributed by atoms with Gasteiger partial charge in [-0.1, -0.05) is 24.6 Å². The number of hydrogen-bond donors (Lipinski definition) is 2. The van der Waals surface area contributed by atoms with E-state index in [0.29, 0.717) is 5.69 Å². The number of benzene rings is 2. The molecule has 32 heavy (non-hydrogen) atoms. The number of aromatic nitrogens is 2. The number of rotatable bonds is 5. The lowest BCUT2D eigenvalue weighted by atomic mass is 9.94. The monoisotopic (exact) mass is 427 g/mol. The van der Waals surface area contributed by atoms with Crippen molar-refractivity contribution in [3.63, 3.8) is 0 Å². The molecule has 2 heterocycles. The molecule has 4 aromatic rings. The van der Waals surface area contributed by atoms with Crippen LogP contribution in [0.1, 0.15) is 65.7 Å². The van der Waals surface area contributed by atoms with Crippen molar-refractivity contribution in [3.05, 3.63) is 64.8 Å². The molecular weight excluding hydrogens is 402 g/mol. The lowest BCUT2D eigenvalue weighted by Crippen LogP contribution is -2.11. The number of fused-ring (bicyclic) bond motifs is 4. The maximum absolute atomic E-state index is 11.6. The van der Waals surface area contributed by atoms with Crippen molar-refractivity contribution in [3.8, 4) is 0 Å². The van der Waals surface area contributed by atoms with Crippen LogP contribution < -0.4 is 5.32 Å². The van der Waals surface area contributed by atoms with Gasteiger partial charge in [0.15, 0.2) is 5.58 Å². The number of nitrogens with one attached hydrogen (secondary N) is 1. The van der Waals surface area contributed by atoms with Crippen molar-refractivity contribution in [2.75, 3.05) is 5.32 Å². The van der Waals surface area contributed by atoms with Crippen LogP contribution in [-0.4, -0.2) is 21.3 Å². The Morgan fingerprint density at radius 2 is 2.12 bits per heavy atom. The fraction of sp³-hybridized carbons (Fsp3) is 0.346. The fourth-order valence-corrected chi connectivity index (χ4v) is 5.83. The minimum atomic E-state index is -0.951. The van der Waals surface area contributed by atoms with Crippen molar-refractivity contribution in [1.82, 2.24) is 10.2 Å². The average Bonchev–Trinajstić information content (AvgIpc) is 3.13. The molecule has 0 amide bonds. The molecule has 0 unspecified atom stereocenters. The molecule has 2 aliphatic rings. The smallest absolute Gasteiger partial charge is 0.337 e. The first-order chi connectivity index (χ1) is 15.5.